The van der Waals surface area contributed by atoms with Crippen LogP contribution in [0.5, 0.6) is 0 Å². The van der Waals surface area contributed by atoms with Crippen molar-refractivity contribution in [1.29, 1.82) is 0 Å². The summed E-state index contributed by atoms with van der Waals surface area (Å²) in [6, 6.07) is 5.52. The zero-order valence-corrected chi connectivity index (χ0v) is 11.8. The molecule has 0 spiro atoms. The fourth-order valence-corrected chi connectivity index (χ4v) is 3.00. The minimum absolute atomic E-state index is 0.0354. The molecule has 1 heterocycles. The summed E-state index contributed by atoms with van der Waals surface area (Å²) in [5, 5.41) is 12.3. The van der Waals surface area contributed by atoms with Gasteiger partial charge in [0.1, 0.15) is 6.26 Å². The molecule has 0 saturated carbocycles. The molecule has 18 heavy (non-hydrogen) atoms. The van der Waals surface area contributed by atoms with Gasteiger partial charge in [0.2, 0.25) is 0 Å². The number of benzene rings is 1. The molecule has 94 valence electrons. The molecule has 0 unspecified atom stereocenters. The van der Waals surface area contributed by atoms with Crippen molar-refractivity contribution in [1.82, 2.24) is 4.98 Å². The van der Waals surface area contributed by atoms with Gasteiger partial charge in [0.15, 0.2) is 5.84 Å². The van der Waals surface area contributed by atoms with Crippen LogP contribution in [0, 0.1) is 6.92 Å². The zero-order chi connectivity index (χ0) is 13.1. The Bertz CT molecular complexity index is 598. The molecule has 2 aromatic rings. The standard InChI is InChI=1S/C11H10BrN3O2S/c1-6-5-17-11(14-6)18-8-4-2-3-7(12)9(8)10(13)15-16/h2-5,16H,1H3,(H2,13,15). The number of rotatable bonds is 3. The van der Waals surface area contributed by atoms with E-state index in [1.807, 2.05) is 25.1 Å². The second kappa shape index (κ2) is 5.45. The van der Waals surface area contributed by atoms with Crippen molar-refractivity contribution < 1.29 is 9.62 Å². The lowest BCUT2D eigenvalue weighted by Crippen LogP contribution is -2.15. The predicted octanol–water partition coefficient (Wildman–Crippen LogP) is 2.99. The fourth-order valence-electron chi connectivity index (χ4n) is 1.36. The Morgan fingerprint density at radius 1 is 1.56 bits per heavy atom. The van der Waals surface area contributed by atoms with E-state index in [1.54, 1.807) is 6.26 Å². The summed E-state index contributed by atoms with van der Waals surface area (Å²) < 4.78 is 6.01. The van der Waals surface area contributed by atoms with E-state index >= 15 is 0 Å². The van der Waals surface area contributed by atoms with Crippen molar-refractivity contribution in [3.63, 3.8) is 0 Å². The van der Waals surface area contributed by atoms with Gasteiger partial charge in [0, 0.05) is 14.9 Å². The number of aromatic nitrogens is 1. The summed E-state index contributed by atoms with van der Waals surface area (Å²) in [5.41, 5.74) is 7.08. The maximum atomic E-state index is 8.80. The third-order valence-corrected chi connectivity index (χ3v) is 3.72. The minimum atomic E-state index is 0.0354. The predicted molar refractivity (Wildman–Crippen MR) is 72.0 cm³/mol. The highest BCUT2D eigenvalue weighted by Gasteiger charge is 2.14. The van der Waals surface area contributed by atoms with Crippen LogP contribution in [-0.4, -0.2) is 16.0 Å². The van der Waals surface area contributed by atoms with Crippen molar-refractivity contribution in [2.75, 3.05) is 0 Å². The van der Waals surface area contributed by atoms with E-state index < -0.39 is 0 Å². The highest BCUT2D eigenvalue weighted by atomic mass is 79.9. The maximum absolute atomic E-state index is 8.80. The molecule has 0 fully saturated rings. The first-order valence-electron chi connectivity index (χ1n) is 4.98. The van der Waals surface area contributed by atoms with Crippen LogP contribution >= 0.6 is 27.7 Å². The summed E-state index contributed by atoms with van der Waals surface area (Å²) in [4.78, 5) is 4.99. The third-order valence-electron chi connectivity index (χ3n) is 2.13. The summed E-state index contributed by atoms with van der Waals surface area (Å²) in [6.07, 6.45) is 1.57. The van der Waals surface area contributed by atoms with Crippen LogP contribution in [0.25, 0.3) is 0 Å². The molecule has 0 amide bonds. The van der Waals surface area contributed by atoms with E-state index in [2.05, 4.69) is 26.1 Å². The Morgan fingerprint density at radius 2 is 2.33 bits per heavy atom. The van der Waals surface area contributed by atoms with Gasteiger partial charge in [0.25, 0.3) is 5.22 Å². The molecular formula is C11H10BrN3O2S. The third kappa shape index (κ3) is 2.68. The first kappa shape index (κ1) is 13.0. The van der Waals surface area contributed by atoms with Gasteiger partial charge in [0.05, 0.1) is 5.69 Å². The Labute approximate surface area is 116 Å². The molecule has 0 radical (unpaired) electrons. The van der Waals surface area contributed by atoms with Crippen molar-refractivity contribution >= 4 is 33.5 Å². The van der Waals surface area contributed by atoms with Gasteiger partial charge in [-0.15, -0.1) is 0 Å². The first-order chi connectivity index (χ1) is 8.61. The van der Waals surface area contributed by atoms with Crippen LogP contribution in [0.1, 0.15) is 11.3 Å². The number of oxazole rings is 1. The summed E-state index contributed by atoms with van der Waals surface area (Å²) in [6.45, 7) is 1.85. The second-order valence-corrected chi connectivity index (χ2v) is 5.30. The largest absolute Gasteiger partial charge is 0.439 e. The van der Waals surface area contributed by atoms with Gasteiger partial charge in [-0.05, 0) is 46.7 Å². The summed E-state index contributed by atoms with van der Waals surface area (Å²) in [5.74, 6) is 0.0354. The highest BCUT2D eigenvalue weighted by Crippen LogP contribution is 2.33. The molecule has 0 saturated heterocycles. The second-order valence-electron chi connectivity index (χ2n) is 3.46. The molecule has 0 atom stereocenters. The first-order valence-corrected chi connectivity index (χ1v) is 6.59. The average molecular weight is 328 g/mol. The Morgan fingerprint density at radius 3 is 2.94 bits per heavy atom. The average Bonchev–Trinajstić information content (AvgIpc) is 2.74. The quantitative estimate of drug-likeness (QED) is 0.392. The maximum Gasteiger partial charge on any atom is 0.260 e. The van der Waals surface area contributed by atoms with E-state index in [4.69, 9.17) is 15.4 Å². The zero-order valence-electron chi connectivity index (χ0n) is 9.42. The highest BCUT2D eigenvalue weighted by molar-refractivity contribution is 9.10. The number of nitrogens with two attached hydrogens (primary N) is 1. The monoisotopic (exact) mass is 327 g/mol. The number of aryl methyl sites for hydroxylation is 1. The van der Waals surface area contributed by atoms with Gasteiger partial charge in [-0.2, -0.15) is 0 Å². The molecule has 0 aliphatic carbocycles. The Kier molecular flexibility index (Phi) is 3.93. The lowest BCUT2D eigenvalue weighted by molar-refractivity contribution is 0.318. The molecule has 0 aliphatic rings. The van der Waals surface area contributed by atoms with E-state index in [-0.39, 0.29) is 5.84 Å². The normalized spacial score (nSPS) is 11.8. The van der Waals surface area contributed by atoms with Crippen LogP contribution in [-0.2, 0) is 0 Å². The van der Waals surface area contributed by atoms with Crippen molar-refractivity contribution in [2.24, 2.45) is 10.9 Å². The number of hydrogen-bond donors (Lipinski definition) is 2. The van der Waals surface area contributed by atoms with Crippen molar-refractivity contribution in [2.45, 2.75) is 17.0 Å². The molecule has 0 aliphatic heterocycles. The van der Waals surface area contributed by atoms with Crippen LogP contribution in [0.15, 0.2) is 48.6 Å². The lowest BCUT2D eigenvalue weighted by atomic mass is 10.2. The van der Waals surface area contributed by atoms with Gasteiger partial charge >= 0.3 is 0 Å². The van der Waals surface area contributed by atoms with Crippen molar-refractivity contribution in [3.05, 3.63) is 40.2 Å². The van der Waals surface area contributed by atoms with Gasteiger partial charge in [-0.1, -0.05) is 11.2 Å². The molecule has 5 nitrogen and oxygen atoms in total. The van der Waals surface area contributed by atoms with Crippen LogP contribution in [0.4, 0.5) is 0 Å². The molecule has 7 heteroatoms. The molecule has 1 aromatic carbocycles. The van der Waals surface area contributed by atoms with Crippen LogP contribution in [0.3, 0.4) is 0 Å². The number of amidine groups is 1. The van der Waals surface area contributed by atoms with Crippen molar-refractivity contribution in [3.8, 4) is 0 Å². The van der Waals surface area contributed by atoms with Gasteiger partial charge < -0.3 is 15.4 Å². The van der Waals surface area contributed by atoms with E-state index in [0.29, 0.717) is 10.8 Å². The van der Waals surface area contributed by atoms with Crippen LogP contribution < -0.4 is 5.73 Å². The molecule has 3 N–H and O–H groups in total. The topological polar surface area (TPSA) is 84.6 Å². The molecule has 1 aromatic heterocycles. The molecule has 0 bridgehead atoms. The summed E-state index contributed by atoms with van der Waals surface area (Å²) in [7, 11) is 0. The molecule has 2 rings (SSSR count). The fraction of sp³-hybridized carbons (Fsp3) is 0.0909. The van der Waals surface area contributed by atoms with E-state index in [0.717, 1.165) is 15.1 Å². The van der Waals surface area contributed by atoms with E-state index in [1.165, 1.54) is 11.8 Å². The number of hydrogen-bond acceptors (Lipinski definition) is 5. The number of oxime groups is 1. The van der Waals surface area contributed by atoms with Crippen LogP contribution in [0.2, 0.25) is 0 Å². The number of nitrogens with zero attached hydrogens (tertiary/aromatic N) is 2. The Hall–Kier alpha value is -1.47. The SMILES string of the molecule is Cc1coc(Sc2cccc(Br)c2/C(N)=N/O)n1. The molecular weight excluding hydrogens is 318 g/mol. The van der Waals surface area contributed by atoms with E-state index in [9.17, 15) is 0 Å². The summed E-state index contributed by atoms with van der Waals surface area (Å²) >= 11 is 4.68. The van der Waals surface area contributed by atoms with Gasteiger partial charge in [-0.25, -0.2) is 4.98 Å². The van der Waals surface area contributed by atoms with Gasteiger partial charge in [-0.3, -0.25) is 0 Å². The Balaban J connectivity index is 2.41. The lowest BCUT2D eigenvalue weighted by Gasteiger charge is -2.07. The minimum Gasteiger partial charge on any atom is -0.439 e. The number of halogens is 1. The smallest absolute Gasteiger partial charge is 0.260 e.